The second kappa shape index (κ2) is 8.60. The number of hydrogen-bond donors (Lipinski definition) is 1. The van der Waals surface area contributed by atoms with Crippen LogP contribution in [0.3, 0.4) is 0 Å². The summed E-state index contributed by atoms with van der Waals surface area (Å²) in [4.78, 5) is 14.7. The van der Waals surface area contributed by atoms with Crippen LogP contribution in [0.2, 0.25) is 0 Å². The number of nitrogens with zero attached hydrogens (tertiary/aromatic N) is 2. The molecule has 1 aliphatic heterocycles. The van der Waals surface area contributed by atoms with Crippen molar-refractivity contribution in [2.24, 2.45) is 5.10 Å². The van der Waals surface area contributed by atoms with E-state index in [1.807, 2.05) is 6.92 Å². The average molecular weight is 446 g/mol. The highest BCUT2D eigenvalue weighted by molar-refractivity contribution is 5.95. The Bertz CT molecular complexity index is 1040. The molecule has 2 aromatic carbocycles. The Morgan fingerprint density at radius 3 is 2.56 bits per heavy atom. The smallest absolute Gasteiger partial charge is 0.364 e. The Balaban J connectivity index is 1.83. The van der Waals surface area contributed by atoms with Gasteiger partial charge in [0.05, 0.1) is 11.8 Å². The lowest BCUT2D eigenvalue weighted by molar-refractivity contribution is -0.137. The zero-order chi connectivity index (χ0) is 23.8. The zero-order valence-electron chi connectivity index (χ0n) is 19.3. The number of fused-ring (bicyclic) bond motifs is 1. The highest BCUT2D eigenvalue weighted by Gasteiger charge is 2.38. The normalized spacial score (nSPS) is 18.2. The van der Waals surface area contributed by atoms with Crippen LogP contribution in [-0.4, -0.2) is 23.7 Å². The standard InChI is InChI=1S/C25H30F3N3O/c1-15(2)31-22-10-16(3)19(12-21(22)17(4)13-24(31,5)6)14-29-30-23(32)18-8-7-9-20(11-18)25(26,27)28/h7-12,14-15,17H,13H2,1-6H3,(H,30,32)/b29-14-/t17-/m0/s1. The molecule has 1 amide bonds. The van der Waals surface area contributed by atoms with Crippen molar-refractivity contribution >= 4 is 17.8 Å². The number of rotatable bonds is 4. The summed E-state index contributed by atoms with van der Waals surface area (Å²) in [6.07, 6.45) is -1.94. The molecule has 0 radical (unpaired) electrons. The number of halogens is 3. The third-order valence-electron chi connectivity index (χ3n) is 6.00. The molecule has 1 heterocycles. The fraction of sp³-hybridized carbons (Fsp3) is 0.440. The largest absolute Gasteiger partial charge is 0.416 e. The molecule has 32 heavy (non-hydrogen) atoms. The van der Waals surface area contributed by atoms with Crippen molar-refractivity contribution in [3.8, 4) is 0 Å². The average Bonchev–Trinajstić information content (AvgIpc) is 2.67. The summed E-state index contributed by atoms with van der Waals surface area (Å²) in [5.41, 5.74) is 5.74. The number of anilines is 1. The molecule has 0 aliphatic carbocycles. The minimum absolute atomic E-state index is 0.0432. The fourth-order valence-corrected chi connectivity index (χ4v) is 4.79. The number of hydrazone groups is 1. The van der Waals surface area contributed by atoms with Gasteiger partial charge in [-0.1, -0.05) is 13.0 Å². The van der Waals surface area contributed by atoms with Gasteiger partial charge >= 0.3 is 6.18 Å². The van der Waals surface area contributed by atoms with Gasteiger partial charge in [-0.15, -0.1) is 0 Å². The predicted octanol–water partition coefficient (Wildman–Crippen LogP) is 6.28. The lowest BCUT2D eigenvalue weighted by atomic mass is 9.78. The molecule has 0 bridgehead atoms. The molecule has 3 rings (SSSR count). The predicted molar refractivity (Wildman–Crippen MR) is 122 cm³/mol. The van der Waals surface area contributed by atoms with Crippen LogP contribution in [0.15, 0.2) is 41.5 Å². The van der Waals surface area contributed by atoms with Crippen LogP contribution < -0.4 is 10.3 Å². The third kappa shape index (κ3) is 4.81. The second-order valence-corrected chi connectivity index (χ2v) is 9.43. The number of benzene rings is 2. The van der Waals surface area contributed by atoms with Gasteiger partial charge in [0, 0.05) is 22.8 Å². The molecular weight excluding hydrogens is 415 g/mol. The van der Waals surface area contributed by atoms with Crippen molar-refractivity contribution in [2.45, 2.75) is 71.6 Å². The Morgan fingerprint density at radius 1 is 1.25 bits per heavy atom. The second-order valence-electron chi connectivity index (χ2n) is 9.43. The molecule has 1 N–H and O–H groups in total. The van der Waals surface area contributed by atoms with Crippen molar-refractivity contribution in [1.82, 2.24) is 5.43 Å². The fourth-order valence-electron chi connectivity index (χ4n) is 4.79. The minimum atomic E-state index is -4.51. The van der Waals surface area contributed by atoms with E-state index in [0.717, 1.165) is 29.7 Å². The number of alkyl halides is 3. The summed E-state index contributed by atoms with van der Waals surface area (Å²) in [5.74, 6) is -0.327. The van der Waals surface area contributed by atoms with Crippen molar-refractivity contribution in [2.75, 3.05) is 4.90 Å². The highest BCUT2D eigenvalue weighted by atomic mass is 19.4. The van der Waals surface area contributed by atoms with Gasteiger partial charge in [0.2, 0.25) is 0 Å². The first-order valence-electron chi connectivity index (χ1n) is 10.8. The van der Waals surface area contributed by atoms with E-state index in [-0.39, 0.29) is 11.1 Å². The monoisotopic (exact) mass is 445 g/mol. The summed E-state index contributed by atoms with van der Waals surface area (Å²) >= 11 is 0. The molecule has 1 atom stereocenters. The maximum Gasteiger partial charge on any atom is 0.416 e. The van der Waals surface area contributed by atoms with Gasteiger partial charge in [0.25, 0.3) is 5.91 Å². The molecule has 2 aromatic rings. The van der Waals surface area contributed by atoms with E-state index in [1.54, 1.807) is 6.21 Å². The topological polar surface area (TPSA) is 44.7 Å². The molecule has 0 unspecified atom stereocenters. The van der Waals surface area contributed by atoms with Crippen LogP contribution in [0, 0.1) is 6.92 Å². The van der Waals surface area contributed by atoms with E-state index in [0.29, 0.717) is 12.0 Å². The first kappa shape index (κ1) is 23.8. The lowest BCUT2D eigenvalue weighted by Crippen LogP contribution is -2.51. The highest BCUT2D eigenvalue weighted by Crippen LogP contribution is 2.45. The Kier molecular flexibility index (Phi) is 6.40. The van der Waals surface area contributed by atoms with Gasteiger partial charge in [-0.3, -0.25) is 4.79 Å². The van der Waals surface area contributed by atoms with Crippen molar-refractivity contribution in [3.05, 3.63) is 64.2 Å². The molecular formula is C25H30F3N3O. The zero-order valence-corrected chi connectivity index (χ0v) is 19.3. The number of aryl methyl sites for hydroxylation is 1. The Hall–Kier alpha value is -2.83. The first-order chi connectivity index (χ1) is 14.8. The third-order valence-corrected chi connectivity index (χ3v) is 6.00. The van der Waals surface area contributed by atoms with E-state index in [4.69, 9.17) is 0 Å². The van der Waals surface area contributed by atoms with Gasteiger partial charge in [-0.25, -0.2) is 5.43 Å². The number of amides is 1. The minimum Gasteiger partial charge on any atom is -0.364 e. The molecule has 0 spiro atoms. The van der Waals surface area contributed by atoms with Crippen molar-refractivity contribution < 1.29 is 18.0 Å². The van der Waals surface area contributed by atoms with Gasteiger partial charge in [0.15, 0.2) is 0 Å². The SMILES string of the molecule is Cc1cc2c(cc1/C=N\NC(=O)c1cccc(C(F)(F)F)c1)[C@@H](C)CC(C)(C)N2C(C)C. The Labute approximate surface area is 187 Å². The molecule has 0 saturated heterocycles. The molecule has 0 saturated carbocycles. The van der Waals surface area contributed by atoms with E-state index >= 15 is 0 Å². The molecule has 4 nitrogen and oxygen atoms in total. The first-order valence-corrected chi connectivity index (χ1v) is 10.8. The quantitative estimate of drug-likeness (QED) is 0.445. The van der Waals surface area contributed by atoms with E-state index in [9.17, 15) is 18.0 Å². The van der Waals surface area contributed by atoms with Crippen LogP contribution in [0.5, 0.6) is 0 Å². The number of nitrogens with one attached hydrogen (secondary N) is 1. The van der Waals surface area contributed by atoms with Gasteiger partial charge < -0.3 is 4.90 Å². The molecule has 1 aliphatic rings. The van der Waals surface area contributed by atoms with E-state index in [1.165, 1.54) is 23.4 Å². The summed E-state index contributed by atoms with van der Waals surface area (Å²) in [5, 5.41) is 4.01. The van der Waals surface area contributed by atoms with Crippen LogP contribution in [0.1, 0.15) is 79.6 Å². The van der Waals surface area contributed by atoms with Crippen LogP contribution in [0.25, 0.3) is 0 Å². The molecule has 172 valence electrons. The molecule has 0 fully saturated rings. The van der Waals surface area contributed by atoms with Gasteiger partial charge in [-0.2, -0.15) is 18.3 Å². The maximum atomic E-state index is 12.9. The van der Waals surface area contributed by atoms with Gasteiger partial charge in [0.1, 0.15) is 0 Å². The van der Waals surface area contributed by atoms with Crippen LogP contribution in [0.4, 0.5) is 18.9 Å². The summed E-state index contributed by atoms with van der Waals surface area (Å²) in [6, 6.07) is 8.88. The number of hydrogen-bond acceptors (Lipinski definition) is 3. The van der Waals surface area contributed by atoms with Crippen LogP contribution in [-0.2, 0) is 6.18 Å². The van der Waals surface area contributed by atoms with Crippen molar-refractivity contribution in [1.29, 1.82) is 0 Å². The van der Waals surface area contributed by atoms with Gasteiger partial charge in [-0.05, 0) is 94.0 Å². The van der Waals surface area contributed by atoms with Crippen molar-refractivity contribution in [3.63, 3.8) is 0 Å². The van der Waals surface area contributed by atoms with E-state index < -0.39 is 17.6 Å². The summed E-state index contributed by atoms with van der Waals surface area (Å²) in [7, 11) is 0. The lowest BCUT2D eigenvalue weighted by Gasteiger charge is -2.50. The number of carbonyl (C=O) groups is 1. The summed E-state index contributed by atoms with van der Waals surface area (Å²) in [6.45, 7) is 13.1. The Morgan fingerprint density at radius 2 is 1.94 bits per heavy atom. The maximum absolute atomic E-state index is 12.9. The molecule has 7 heteroatoms. The summed E-state index contributed by atoms with van der Waals surface area (Å²) < 4.78 is 38.6. The van der Waals surface area contributed by atoms with E-state index in [2.05, 4.69) is 62.2 Å². The molecule has 0 aromatic heterocycles. The van der Waals surface area contributed by atoms with Crippen LogP contribution >= 0.6 is 0 Å². The number of carbonyl (C=O) groups excluding carboxylic acids is 1.